The summed E-state index contributed by atoms with van der Waals surface area (Å²) in [4.78, 5) is 27.8. The van der Waals surface area contributed by atoms with E-state index in [1.54, 1.807) is 7.11 Å². The second kappa shape index (κ2) is 35.8. The largest absolute Gasteiger partial charge is 0.497 e. The van der Waals surface area contributed by atoms with Gasteiger partial charge in [-0.2, -0.15) is 0 Å². The third-order valence-electron chi connectivity index (χ3n) is 14.0. The Kier molecular flexibility index (Phi) is 28.2. The zero-order valence-electron chi connectivity index (χ0n) is 45.7. The van der Waals surface area contributed by atoms with Crippen LogP contribution in [-0.2, 0) is 80.5 Å². The molecule has 0 spiro atoms. The number of hydrogen-bond acceptors (Lipinski definition) is 11. The number of rotatable bonds is 38. The molecule has 0 unspecified atom stereocenters. The molecule has 0 amide bonds. The topological polar surface area (TPSA) is 117 Å². The lowest BCUT2D eigenvalue weighted by molar-refractivity contribution is -0.324. The monoisotopic (exact) mass is 1040 g/mol. The van der Waals surface area contributed by atoms with E-state index in [0.717, 1.165) is 58.7 Å². The zero-order valence-corrected chi connectivity index (χ0v) is 45.7. The van der Waals surface area contributed by atoms with Gasteiger partial charge in [-0.1, -0.05) is 237 Å². The fourth-order valence-corrected chi connectivity index (χ4v) is 9.40. The van der Waals surface area contributed by atoms with Gasteiger partial charge in [0.1, 0.15) is 43.4 Å². The first-order valence-electron chi connectivity index (χ1n) is 28.2. The molecule has 412 valence electrons. The number of carbonyl (C=O) groups excluding carboxylic acids is 2. The number of ether oxygens (including phenoxy) is 9. The molecule has 11 heteroatoms. The van der Waals surface area contributed by atoms with Crippen LogP contribution < -0.4 is 4.74 Å². The summed E-state index contributed by atoms with van der Waals surface area (Å²) in [6.07, 6.45) is 13.0. The Morgan fingerprint density at radius 3 is 1.46 bits per heavy atom. The molecular formula is C65H86O11. The van der Waals surface area contributed by atoms with Gasteiger partial charge in [0.25, 0.3) is 0 Å². The second-order valence-corrected chi connectivity index (χ2v) is 20.3. The molecule has 11 nitrogen and oxygen atoms in total. The third-order valence-corrected chi connectivity index (χ3v) is 14.0. The van der Waals surface area contributed by atoms with Crippen LogP contribution in [0.15, 0.2) is 146 Å². The lowest BCUT2D eigenvalue weighted by Crippen LogP contribution is -2.63. The Balaban J connectivity index is 1.13. The van der Waals surface area contributed by atoms with Gasteiger partial charge < -0.3 is 42.6 Å². The summed E-state index contributed by atoms with van der Waals surface area (Å²) in [7, 11) is 1.63. The predicted octanol–water partition coefficient (Wildman–Crippen LogP) is 14.3. The Hall–Kier alpha value is -5.40. The summed E-state index contributed by atoms with van der Waals surface area (Å²) >= 11 is 0. The van der Waals surface area contributed by atoms with Gasteiger partial charge in [0.2, 0.25) is 0 Å². The summed E-state index contributed by atoms with van der Waals surface area (Å²) in [5, 5.41) is 0. The van der Waals surface area contributed by atoms with E-state index in [1.165, 1.54) is 77.0 Å². The van der Waals surface area contributed by atoms with Crippen LogP contribution in [0.2, 0.25) is 0 Å². The minimum Gasteiger partial charge on any atom is -0.497 e. The average molecular weight is 1040 g/mol. The smallest absolute Gasteiger partial charge is 0.338 e. The average Bonchev–Trinajstić information content (AvgIpc) is 3.48. The highest BCUT2D eigenvalue weighted by Crippen LogP contribution is 2.33. The Labute approximate surface area is 454 Å². The molecule has 1 saturated heterocycles. The lowest BCUT2D eigenvalue weighted by atomic mass is 9.96. The maximum Gasteiger partial charge on any atom is 0.338 e. The molecule has 1 aliphatic heterocycles. The SMILES string of the molecule is CCCCCCCCC[C@@H](C)CCCCCCCCC(=O)OC[C@H](CO[C@H]1O[C@H](C(=O)OCc2ccccc2)[C@@H](OCc2ccccc2)[C@H](OCc2ccccc2)[C@H]1OCc1ccccc1)OCc1ccc(OC)cc1. The van der Waals surface area contributed by atoms with Gasteiger partial charge in [-0.15, -0.1) is 0 Å². The van der Waals surface area contributed by atoms with Crippen molar-refractivity contribution in [1.29, 1.82) is 0 Å². The van der Waals surface area contributed by atoms with E-state index >= 15 is 0 Å². The molecule has 0 bridgehead atoms. The standard InChI is InChI=1S/C65H86O11/c1-4-5-6-7-8-11-18-29-51(2)30-19-12-9-10-13-28-39-59(66)70-49-58(69-44-56-40-42-57(68-3)43-41-56)50-75-65-63(73-47-54-35-24-16-25-36-54)61(72-46-53-33-22-15-23-34-53)60(71-45-52-31-20-14-21-32-52)62(76-65)64(67)74-48-55-37-26-17-27-38-55/h14-17,20-27,31-38,40-43,51,58,60-63,65H,4-13,18-19,28-30,39,44-50H2,1-3H3/t51-,58-,60+,61+,62+,63-,65+/m1/s1. The molecule has 0 N–H and O–H groups in total. The van der Waals surface area contributed by atoms with E-state index in [2.05, 4.69) is 13.8 Å². The summed E-state index contributed by atoms with van der Waals surface area (Å²) < 4.78 is 57.5. The number of benzene rings is 5. The van der Waals surface area contributed by atoms with Gasteiger partial charge in [-0.25, -0.2) is 4.79 Å². The van der Waals surface area contributed by atoms with E-state index in [-0.39, 0.29) is 52.2 Å². The first kappa shape index (κ1) is 59.8. The number of carbonyl (C=O) groups is 2. The summed E-state index contributed by atoms with van der Waals surface area (Å²) in [5.41, 5.74) is 4.45. The van der Waals surface area contributed by atoms with Gasteiger partial charge in [0.15, 0.2) is 12.4 Å². The highest BCUT2D eigenvalue weighted by atomic mass is 16.7. The Bertz CT molecular complexity index is 2260. The van der Waals surface area contributed by atoms with Crippen LogP contribution in [0.5, 0.6) is 5.75 Å². The Morgan fingerprint density at radius 1 is 0.474 bits per heavy atom. The van der Waals surface area contributed by atoms with Crippen molar-refractivity contribution < 1.29 is 52.2 Å². The number of esters is 2. The lowest BCUT2D eigenvalue weighted by Gasteiger charge is -2.45. The Morgan fingerprint density at radius 2 is 0.934 bits per heavy atom. The molecule has 0 radical (unpaired) electrons. The molecule has 1 aliphatic rings. The van der Waals surface area contributed by atoms with E-state index < -0.39 is 42.8 Å². The summed E-state index contributed by atoms with van der Waals surface area (Å²) in [5.74, 6) is 0.590. The van der Waals surface area contributed by atoms with E-state index in [1.807, 2.05) is 146 Å². The first-order valence-corrected chi connectivity index (χ1v) is 28.2. The van der Waals surface area contributed by atoms with Crippen molar-refractivity contribution in [3.05, 3.63) is 173 Å². The van der Waals surface area contributed by atoms with Crippen LogP contribution in [0.3, 0.4) is 0 Å². The zero-order chi connectivity index (χ0) is 53.3. The van der Waals surface area contributed by atoms with Crippen LogP contribution in [0, 0.1) is 5.92 Å². The molecule has 0 saturated carbocycles. The molecule has 6 rings (SSSR count). The molecule has 5 aromatic carbocycles. The highest BCUT2D eigenvalue weighted by molar-refractivity contribution is 5.76. The summed E-state index contributed by atoms with van der Waals surface area (Å²) in [6.45, 7) is 5.29. The number of unbranched alkanes of at least 4 members (excludes halogenated alkanes) is 11. The van der Waals surface area contributed by atoms with Gasteiger partial charge >= 0.3 is 11.9 Å². The van der Waals surface area contributed by atoms with E-state index in [0.29, 0.717) is 6.42 Å². The fraction of sp³-hybridized carbons (Fsp3) is 0.508. The van der Waals surface area contributed by atoms with Crippen molar-refractivity contribution in [3.63, 3.8) is 0 Å². The van der Waals surface area contributed by atoms with Crippen molar-refractivity contribution in [2.45, 2.75) is 186 Å². The normalized spacial score (nSPS) is 18.2. The van der Waals surface area contributed by atoms with Crippen molar-refractivity contribution in [2.24, 2.45) is 5.92 Å². The van der Waals surface area contributed by atoms with Gasteiger partial charge in [-0.05, 0) is 52.3 Å². The quantitative estimate of drug-likeness (QED) is 0.0278. The fourth-order valence-electron chi connectivity index (χ4n) is 9.40. The molecule has 0 aliphatic carbocycles. The third kappa shape index (κ3) is 22.7. The highest BCUT2D eigenvalue weighted by Gasteiger charge is 2.52. The van der Waals surface area contributed by atoms with Crippen molar-refractivity contribution >= 4 is 11.9 Å². The molecule has 0 aromatic heterocycles. The van der Waals surface area contributed by atoms with Crippen LogP contribution in [0.25, 0.3) is 0 Å². The van der Waals surface area contributed by atoms with Crippen LogP contribution in [-0.4, -0.2) is 69.1 Å². The van der Waals surface area contributed by atoms with Crippen molar-refractivity contribution in [3.8, 4) is 5.75 Å². The van der Waals surface area contributed by atoms with Crippen LogP contribution in [0.1, 0.15) is 144 Å². The predicted molar refractivity (Wildman–Crippen MR) is 297 cm³/mol. The second-order valence-electron chi connectivity index (χ2n) is 20.3. The molecule has 1 heterocycles. The van der Waals surface area contributed by atoms with Gasteiger partial charge in [0.05, 0.1) is 40.1 Å². The minimum absolute atomic E-state index is 0.0192. The van der Waals surface area contributed by atoms with E-state index in [9.17, 15) is 9.59 Å². The summed E-state index contributed by atoms with van der Waals surface area (Å²) in [6, 6.07) is 46.4. The molecular weight excluding hydrogens is 957 g/mol. The van der Waals surface area contributed by atoms with Gasteiger partial charge in [0, 0.05) is 6.42 Å². The number of methoxy groups -OCH3 is 1. The van der Waals surface area contributed by atoms with E-state index in [4.69, 9.17) is 42.6 Å². The molecule has 76 heavy (non-hydrogen) atoms. The van der Waals surface area contributed by atoms with Crippen LogP contribution in [0.4, 0.5) is 0 Å². The van der Waals surface area contributed by atoms with Crippen molar-refractivity contribution in [2.75, 3.05) is 20.3 Å². The molecule has 1 fully saturated rings. The van der Waals surface area contributed by atoms with Crippen LogP contribution >= 0.6 is 0 Å². The maximum absolute atomic E-state index is 14.5. The first-order chi connectivity index (χ1) is 37.4. The van der Waals surface area contributed by atoms with Gasteiger partial charge in [-0.3, -0.25) is 4.79 Å². The number of hydrogen-bond donors (Lipinski definition) is 0. The molecule has 7 atom stereocenters. The minimum atomic E-state index is -1.30. The maximum atomic E-state index is 14.5. The molecule has 5 aromatic rings. The van der Waals surface area contributed by atoms with Crippen molar-refractivity contribution in [1.82, 2.24) is 0 Å².